The van der Waals surface area contributed by atoms with Crippen molar-refractivity contribution < 1.29 is 4.42 Å². The summed E-state index contributed by atoms with van der Waals surface area (Å²) in [5, 5.41) is 2.43. The Labute approximate surface area is 375 Å². The van der Waals surface area contributed by atoms with Crippen LogP contribution in [0.5, 0.6) is 0 Å². The molecule has 7 aromatic rings. The molecule has 0 radical (unpaired) electrons. The Hall–Kier alpha value is -4.90. The van der Waals surface area contributed by atoms with E-state index in [1.165, 1.54) is 140 Å². The molecule has 0 bridgehead atoms. The average Bonchev–Trinajstić information content (AvgIpc) is 3.88. The van der Waals surface area contributed by atoms with E-state index in [4.69, 9.17) is 4.42 Å². The molecule has 5 aromatic carbocycles. The molecule has 4 atom stereocenters. The van der Waals surface area contributed by atoms with Crippen molar-refractivity contribution in [1.29, 1.82) is 0 Å². The van der Waals surface area contributed by atoms with Crippen molar-refractivity contribution in [2.45, 2.75) is 167 Å². The van der Waals surface area contributed by atoms with E-state index in [1.54, 1.807) is 11.1 Å². The number of nitrogens with zero attached hydrogens (tertiary/aromatic N) is 3. The van der Waals surface area contributed by atoms with Gasteiger partial charge in [-0.25, -0.2) is 0 Å². The van der Waals surface area contributed by atoms with Crippen LogP contribution < -0.4 is 26.2 Å². The lowest BCUT2D eigenvalue weighted by atomic mass is 9.33. The number of para-hydroxylation sites is 1. The van der Waals surface area contributed by atoms with E-state index in [1.807, 2.05) is 0 Å². The lowest BCUT2D eigenvalue weighted by Crippen LogP contribution is -2.64. The molecule has 2 fully saturated rings. The molecule has 0 saturated heterocycles. The van der Waals surface area contributed by atoms with E-state index in [-0.39, 0.29) is 39.5 Å². The summed E-state index contributed by atoms with van der Waals surface area (Å²) in [6.45, 7) is 29.7. The van der Waals surface area contributed by atoms with Gasteiger partial charge in [-0.1, -0.05) is 117 Å². The van der Waals surface area contributed by atoms with Gasteiger partial charge in [0, 0.05) is 50.0 Å². The monoisotopic (exact) mass is 830 g/mol. The first-order valence-electron chi connectivity index (χ1n) is 24.4. The predicted octanol–water partition coefficient (Wildman–Crippen LogP) is 13.4. The number of aromatic nitrogens is 1. The quantitative estimate of drug-likeness (QED) is 0.154. The van der Waals surface area contributed by atoms with Crippen molar-refractivity contribution in [3.8, 4) is 5.69 Å². The SMILES string of the molecule is Cc1cc(C)c2c(c1)N(c1cc3c4c(c1)-n1c5c(cc(C(C)(C)C)cc5c5oc6ccccc6c51)B4c1cc(C(C)(C)C)cc4c1N3C1(C)CCCCC41C)C1(C)CCCCC21C. The molecule has 5 heteroatoms. The second-order valence-electron chi connectivity index (χ2n) is 24.1. The van der Waals surface area contributed by atoms with E-state index in [0.717, 1.165) is 11.2 Å². The molecule has 0 N–H and O–H groups in total. The zero-order valence-electron chi connectivity index (χ0n) is 39.9. The van der Waals surface area contributed by atoms with Crippen LogP contribution >= 0.6 is 0 Å². The van der Waals surface area contributed by atoms with Crippen LogP contribution in [-0.4, -0.2) is 22.4 Å². The molecule has 2 saturated carbocycles. The smallest absolute Gasteiger partial charge is 0.252 e. The van der Waals surface area contributed by atoms with Crippen molar-refractivity contribution in [2.75, 3.05) is 9.80 Å². The van der Waals surface area contributed by atoms with Crippen LogP contribution in [0.1, 0.15) is 154 Å². The van der Waals surface area contributed by atoms with E-state index < -0.39 is 0 Å². The van der Waals surface area contributed by atoms with Crippen LogP contribution in [0, 0.1) is 13.8 Å². The minimum Gasteiger partial charge on any atom is -0.454 e. The molecule has 63 heavy (non-hydrogen) atoms. The topological polar surface area (TPSA) is 24.6 Å². The van der Waals surface area contributed by atoms with Gasteiger partial charge in [0.05, 0.1) is 16.6 Å². The van der Waals surface area contributed by atoms with E-state index in [2.05, 4.69) is 170 Å². The van der Waals surface area contributed by atoms with Gasteiger partial charge < -0.3 is 18.8 Å². The van der Waals surface area contributed by atoms with Crippen molar-refractivity contribution >= 4 is 78.8 Å². The fourth-order valence-corrected chi connectivity index (χ4v) is 15.1. The first-order chi connectivity index (χ1) is 29.8. The van der Waals surface area contributed by atoms with Gasteiger partial charge in [-0.3, -0.25) is 0 Å². The summed E-state index contributed by atoms with van der Waals surface area (Å²) in [4.78, 5) is 5.82. The highest BCUT2D eigenvalue weighted by atomic mass is 16.3. The van der Waals surface area contributed by atoms with Gasteiger partial charge in [0.2, 0.25) is 0 Å². The maximum absolute atomic E-state index is 7.07. The van der Waals surface area contributed by atoms with Crippen molar-refractivity contribution in [3.05, 3.63) is 106 Å². The first-order valence-corrected chi connectivity index (χ1v) is 24.4. The zero-order chi connectivity index (χ0) is 43.7. The maximum Gasteiger partial charge on any atom is 0.252 e. The Morgan fingerprint density at radius 2 is 1.24 bits per heavy atom. The van der Waals surface area contributed by atoms with Crippen LogP contribution in [0.3, 0.4) is 0 Å². The maximum atomic E-state index is 7.07. The number of fused-ring (bicyclic) bond motifs is 15. The molecule has 320 valence electrons. The Morgan fingerprint density at radius 3 is 1.97 bits per heavy atom. The fraction of sp³-hybridized carbons (Fsp3) is 0.448. The summed E-state index contributed by atoms with van der Waals surface area (Å²) in [6, 6.07) is 29.5. The second-order valence-corrected chi connectivity index (χ2v) is 24.1. The second kappa shape index (κ2) is 11.7. The van der Waals surface area contributed by atoms with E-state index in [0.29, 0.717) is 0 Å². The van der Waals surface area contributed by atoms with Gasteiger partial charge in [-0.15, -0.1) is 0 Å². The third-order valence-electron chi connectivity index (χ3n) is 18.7. The minimum absolute atomic E-state index is 0.00499. The van der Waals surface area contributed by atoms with Crippen LogP contribution in [0.25, 0.3) is 38.7 Å². The summed E-state index contributed by atoms with van der Waals surface area (Å²) in [6.07, 6.45) is 9.87. The number of rotatable bonds is 1. The third-order valence-corrected chi connectivity index (χ3v) is 18.7. The van der Waals surface area contributed by atoms with Gasteiger partial charge in [0.15, 0.2) is 5.58 Å². The molecule has 4 unspecified atom stereocenters. The molecular weight excluding hydrogens is 765 g/mol. The van der Waals surface area contributed by atoms with Crippen LogP contribution in [0.15, 0.2) is 77.2 Å². The number of anilines is 4. The summed E-state index contributed by atoms with van der Waals surface area (Å²) >= 11 is 0. The highest BCUT2D eigenvalue weighted by Gasteiger charge is 2.63. The largest absolute Gasteiger partial charge is 0.454 e. The molecule has 6 heterocycles. The lowest BCUT2D eigenvalue weighted by Gasteiger charge is -2.53. The number of hydrogen-bond donors (Lipinski definition) is 0. The summed E-state index contributed by atoms with van der Waals surface area (Å²) in [5.41, 5.74) is 24.6. The summed E-state index contributed by atoms with van der Waals surface area (Å²) in [7, 11) is 0. The third kappa shape index (κ3) is 4.42. The normalized spacial score (nSPS) is 26.7. The molecule has 13 rings (SSSR count). The molecular formula is C58H64BN3O. The van der Waals surface area contributed by atoms with Gasteiger partial charge in [0.25, 0.3) is 6.71 Å². The Morgan fingerprint density at radius 1 is 0.603 bits per heavy atom. The van der Waals surface area contributed by atoms with Gasteiger partial charge in [-0.2, -0.15) is 0 Å². The van der Waals surface area contributed by atoms with Crippen molar-refractivity contribution in [3.63, 3.8) is 0 Å². The Bertz CT molecular complexity index is 3220. The average molecular weight is 830 g/mol. The van der Waals surface area contributed by atoms with Crippen LogP contribution in [0.2, 0.25) is 0 Å². The van der Waals surface area contributed by atoms with E-state index >= 15 is 0 Å². The van der Waals surface area contributed by atoms with Crippen LogP contribution in [0.4, 0.5) is 22.7 Å². The standard InChI is InChI=1S/C58H64BN3O/c1-33-25-34(2)47-43(26-33)61(58(12)24-18-16-22-56(47,58)10)37-31-44-48-45(32-37)62-51-40(55(9)21-15-17-23-57(55,62)11)28-36(54(6,7)8)30-42(51)59(48)41-29-35(53(3,4)5)27-39-49(41)60(44)50-38-19-13-14-20-46(38)63-52(39)50/h13-14,19-20,25-32H,15-18,21-24H2,1-12H3. The molecule has 2 aromatic heterocycles. The molecule has 0 spiro atoms. The number of aryl methyl sites for hydroxylation is 2. The fourth-order valence-electron chi connectivity index (χ4n) is 15.1. The van der Waals surface area contributed by atoms with Gasteiger partial charge >= 0.3 is 0 Å². The van der Waals surface area contributed by atoms with Crippen LogP contribution in [-0.2, 0) is 21.7 Å². The minimum atomic E-state index is -0.0766. The molecule has 4 nitrogen and oxygen atoms in total. The summed E-state index contributed by atoms with van der Waals surface area (Å²) in [5.74, 6) is 0. The van der Waals surface area contributed by atoms with Crippen molar-refractivity contribution in [1.82, 2.24) is 4.57 Å². The van der Waals surface area contributed by atoms with Crippen molar-refractivity contribution in [2.24, 2.45) is 0 Å². The van der Waals surface area contributed by atoms with E-state index in [9.17, 15) is 0 Å². The first kappa shape index (κ1) is 38.6. The zero-order valence-corrected chi connectivity index (χ0v) is 39.9. The van der Waals surface area contributed by atoms with Gasteiger partial charge in [-0.05, 0) is 150 Å². The molecule has 2 aliphatic carbocycles. The Balaban J connectivity index is 1.24. The Kier molecular flexibility index (Phi) is 7.14. The highest BCUT2D eigenvalue weighted by Crippen LogP contribution is 2.65. The number of furan rings is 1. The highest BCUT2D eigenvalue weighted by molar-refractivity contribution is 7.00. The number of benzene rings is 5. The molecule has 4 aliphatic heterocycles. The van der Waals surface area contributed by atoms with Gasteiger partial charge in [0.1, 0.15) is 11.1 Å². The summed E-state index contributed by atoms with van der Waals surface area (Å²) < 4.78 is 9.76. The lowest BCUT2D eigenvalue weighted by molar-refractivity contribution is 0.193. The molecule has 0 amide bonds. The predicted molar refractivity (Wildman–Crippen MR) is 268 cm³/mol. The number of hydrogen-bond acceptors (Lipinski definition) is 3. The molecule has 6 aliphatic rings.